The zero-order valence-electron chi connectivity index (χ0n) is 14.5. The summed E-state index contributed by atoms with van der Waals surface area (Å²) in [5.41, 5.74) is 2.61. The van der Waals surface area contributed by atoms with Crippen molar-refractivity contribution in [2.24, 2.45) is 0 Å². The first kappa shape index (κ1) is 19.2. The van der Waals surface area contributed by atoms with Crippen LogP contribution in [-0.4, -0.2) is 23.6 Å². The highest BCUT2D eigenvalue weighted by Crippen LogP contribution is 2.24. The number of aliphatic hydroxyl groups is 1. The van der Waals surface area contributed by atoms with E-state index in [0.717, 1.165) is 16.5 Å². The second-order valence-electron chi connectivity index (χ2n) is 6.88. The molecule has 0 aliphatic rings. The van der Waals surface area contributed by atoms with Crippen LogP contribution in [0.25, 0.3) is 0 Å². The topological polar surface area (TPSA) is 29.5 Å². The first-order valence-electron chi connectivity index (χ1n) is 8.08. The van der Waals surface area contributed by atoms with Gasteiger partial charge in [0.1, 0.15) is 12.4 Å². The van der Waals surface area contributed by atoms with Crippen LogP contribution >= 0.6 is 23.4 Å². The van der Waals surface area contributed by atoms with Crippen LogP contribution in [0.2, 0.25) is 5.02 Å². The van der Waals surface area contributed by atoms with Gasteiger partial charge in [-0.25, -0.2) is 0 Å². The van der Waals surface area contributed by atoms with Crippen molar-refractivity contribution in [2.45, 2.75) is 38.0 Å². The highest BCUT2D eigenvalue weighted by atomic mass is 35.5. The molecule has 0 aliphatic carbocycles. The van der Waals surface area contributed by atoms with E-state index in [1.165, 1.54) is 11.1 Å². The van der Waals surface area contributed by atoms with Gasteiger partial charge in [0, 0.05) is 16.5 Å². The maximum atomic E-state index is 10.0. The fraction of sp³-hybridized carbons (Fsp3) is 0.400. The molecule has 0 aliphatic heterocycles. The van der Waals surface area contributed by atoms with Crippen LogP contribution in [0.5, 0.6) is 5.75 Å². The molecule has 24 heavy (non-hydrogen) atoms. The van der Waals surface area contributed by atoms with E-state index in [2.05, 4.69) is 32.9 Å². The lowest BCUT2D eigenvalue weighted by atomic mass is 9.87. The van der Waals surface area contributed by atoms with Gasteiger partial charge in [0.15, 0.2) is 0 Å². The van der Waals surface area contributed by atoms with Gasteiger partial charge in [-0.15, -0.1) is 0 Å². The first-order valence-corrected chi connectivity index (χ1v) is 9.61. The summed E-state index contributed by atoms with van der Waals surface area (Å²) in [6.45, 7) is 6.86. The van der Waals surface area contributed by atoms with Crippen LogP contribution < -0.4 is 4.74 Å². The van der Waals surface area contributed by atoms with Crippen LogP contribution in [0.3, 0.4) is 0 Å². The van der Waals surface area contributed by atoms with Gasteiger partial charge in [-0.05, 0) is 40.8 Å². The summed E-state index contributed by atoms with van der Waals surface area (Å²) in [5, 5.41) is 10.8. The predicted molar refractivity (Wildman–Crippen MR) is 104 cm³/mol. The molecule has 0 bridgehead atoms. The molecule has 0 spiro atoms. The van der Waals surface area contributed by atoms with Gasteiger partial charge in [0.25, 0.3) is 0 Å². The van der Waals surface area contributed by atoms with Gasteiger partial charge in [0.2, 0.25) is 0 Å². The van der Waals surface area contributed by atoms with Crippen molar-refractivity contribution in [3.05, 3.63) is 64.7 Å². The number of halogens is 1. The minimum Gasteiger partial charge on any atom is -0.491 e. The standard InChI is InChI=1S/C20H25ClO2S/c1-20(2,3)16-6-10-19(11-7-16)23-12-18(22)14-24-13-15-4-8-17(21)9-5-15/h4-11,18,22H,12-14H2,1-3H3/t18-/m1/s1. The number of ether oxygens (including phenoxy) is 1. The Morgan fingerprint density at radius 1 is 1.04 bits per heavy atom. The Morgan fingerprint density at radius 3 is 2.25 bits per heavy atom. The molecular weight excluding hydrogens is 340 g/mol. The lowest BCUT2D eigenvalue weighted by molar-refractivity contribution is 0.126. The van der Waals surface area contributed by atoms with Crippen molar-refractivity contribution in [1.29, 1.82) is 0 Å². The van der Waals surface area contributed by atoms with E-state index in [1.807, 2.05) is 36.4 Å². The zero-order chi connectivity index (χ0) is 17.6. The van der Waals surface area contributed by atoms with Crippen LogP contribution in [-0.2, 0) is 11.2 Å². The smallest absolute Gasteiger partial charge is 0.119 e. The van der Waals surface area contributed by atoms with E-state index < -0.39 is 6.10 Å². The number of benzene rings is 2. The number of aliphatic hydroxyl groups excluding tert-OH is 1. The molecule has 0 heterocycles. The fourth-order valence-corrected chi connectivity index (χ4v) is 3.23. The summed E-state index contributed by atoms with van der Waals surface area (Å²) in [7, 11) is 0. The molecule has 0 radical (unpaired) electrons. The average Bonchev–Trinajstić information content (AvgIpc) is 2.54. The second-order valence-corrected chi connectivity index (χ2v) is 8.35. The third-order valence-electron chi connectivity index (χ3n) is 3.65. The monoisotopic (exact) mass is 364 g/mol. The summed E-state index contributed by atoms with van der Waals surface area (Å²) in [4.78, 5) is 0. The van der Waals surface area contributed by atoms with Crippen molar-refractivity contribution in [3.63, 3.8) is 0 Å². The Kier molecular flexibility index (Phi) is 7.02. The molecule has 0 amide bonds. The third kappa shape index (κ3) is 6.39. The molecule has 4 heteroatoms. The number of thioether (sulfide) groups is 1. The fourth-order valence-electron chi connectivity index (χ4n) is 2.19. The van der Waals surface area contributed by atoms with E-state index in [-0.39, 0.29) is 5.41 Å². The molecule has 2 aromatic rings. The first-order chi connectivity index (χ1) is 11.3. The molecule has 2 aromatic carbocycles. The van der Waals surface area contributed by atoms with Gasteiger partial charge in [-0.3, -0.25) is 0 Å². The van der Waals surface area contributed by atoms with Crippen molar-refractivity contribution < 1.29 is 9.84 Å². The van der Waals surface area contributed by atoms with Crippen molar-refractivity contribution in [2.75, 3.05) is 12.4 Å². The van der Waals surface area contributed by atoms with E-state index >= 15 is 0 Å². The lowest BCUT2D eigenvalue weighted by Crippen LogP contribution is -2.20. The maximum absolute atomic E-state index is 10.0. The van der Waals surface area contributed by atoms with Crippen LogP contribution in [0.15, 0.2) is 48.5 Å². The second kappa shape index (κ2) is 8.80. The van der Waals surface area contributed by atoms with E-state index in [4.69, 9.17) is 16.3 Å². The summed E-state index contributed by atoms with van der Waals surface area (Å²) in [6.07, 6.45) is -0.482. The molecule has 2 rings (SSSR count). The molecule has 0 saturated heterocycles. The molecule has 130 valence electrons. The zero-order valence-corrected chi connectivity index (χ0v) is 16.0. The van der Waals surface area contributed by atoms with Crippen LogP contribution in [0.1, 0.15) is 31.9 Å². The molecule has 1 N–H and O–H groups in total. The highest BCUT2D eigenvalue weighted by molar-refractivity contribution is 7.98. The number of hydrogen-bond donors (Lipinski definition) is 1. The van der Waals surface area contributed by atoms with E-state index in [0.29, 0.717) is 12.4 Å². The largest absolute Gasteiger partial charge is 0.491 e. The number of hydrogen-bond acceptors (Lipinski definition) is 3. The van der Waals surface area contributed by atoms with Gasteiger partial charge >= 0.3 is 0 Å². The molecule has 0 aromatic heterocycles. The van der Waals surface area contributed by atoms with Gasteiger partial charge in [0.05, 0.1) is 6.10 Å². The van der Waals surface area contributed by atoms with Crippen molar-refractivity contribution in [1.82, 2.24) is 0 Å². The summed E-state index contributed by atoms with van der Waals surface area (Å²) < 4.78 is 5.67. The summed E-state index contributed by atoms with van der Waals surface area (Å²) in [5.74, 6) is 2.29. The molecule has 2 nitrogen and oxygen atoms in total. The molecule has 1 atom stereocenters. The third-order valence-corrected chi connectivity index (χ3v) is 5.06. The van der Waals surface area contributed by atoms with Gasteiger partial charge in [-0.2, -0.15) is 11.8 Å². The quantitative estimate of drug-likeness (QED) is 0.721. The number of rotatable bonds is 7. The van der Waals surface area contributed by atoms with E-state index in [9.17, 15) is 5.11 Å². The van der Waals surface area contributed by atoms with Crippen molar-refractivity contribution >= 4 is 23.4 Å². The summed E-state index contributed by atoms with van der Waals surface area (Å²) in [6, 6.07) is 15.9. The lowest BCUT2D eigenvalue weighted by Gasteiger charge is -2.19. The Labute approximate surface area is 154 Å². The van der Waals surface area contributed by atoms with E-state index in [1.54, 1.807) is 11.8 Å². The molecule has 0 saturated carbocycles. The normalized spacial score (nSPS) is 12.9. The summed E-state index contributed by atoms with van der Waals surface area (Å²) >= 11 is 7.56. The van der Waals surface area contributed by atoms with Crippen LogP contribution in [0.4, 0.5) is 0 Å². The minimum atomic E-state index is -0.482. The Hall–Kier alpha value is -1.16. The Balaban J connectivity index is 1.71. The van der Waals surface area contributed by atoms with Gasteiger partial charge < -0.3 is 9.84 Å². The maximum Gasteiger partial charge on any atom is 0.119 e. The minimum absolute atomic E-state index is 0.135. The molecule has 0 unspecified atom stereocenters. The molecular formula is C20H25ClO2S. The molecule has 0 fully saturated rings. The Bertz CT molecular complexity index is 618. The van der Waals surface area contributed by atoms with Gasteiger partial charge in [-0.1, -0.05) is 56.6 Å². The highest BCUT2D eigenvalue weighted by Gasteiger charge is 2.13. The van der Waals surface area contributed by atoms with Crippen LogP contribution in [0, 0.1) is 0 Å². The predicted octanol–water partition coefficient (Wildman–Crippen LogP) is 5.31. The van der Waals surface area contributed by atoms with Crippen molar-refractivity contribution in [3.8, 4) is 5.75 Å². The SMILES string of the molecule is CC(C)(C)c1ccc(OC[C@@H](O)CSCc2ccc(Cl)cc2)cc1. The Morgan fingerprint density at radius 2 is 1.67 bits per heavy atom. The average molecular weight is 365 g/mol.